The molecule has 0 saturated heterocycles. The topological polar surface area (TPSA) is 0 Å². The maximum Gasteiger partial charge on any atom is 0.123 e. The monoisotopic (exact) mass is 292 g/mol. The molecule has 0 aromatic heterocycles. The Kier molecular flexibility index (Phi) is 3.95. The van der Waals surface area contributed by atoms with Gasteiger partial charge in [-0.2, -0.15) is 0 Å². The van der Waals surface area contributed by atoms with E-state index < -0.39 is 0 Å². The zero-order valence-corrected chi connectivity index (χ0v) is 9.40. The fourth-order valence-electron chi connectivity index (χ4n) is 0.814. The molecule has 0 nitrogen and oxygen atoms in total. The van der Waals surface area contributed by atoms with Crippen molar-refractivity contribution in [3.05, 3.63) is 40.1 Å². The molecule has 64 valence electrons. The second-order valence-electron chi connectivity index (χ2n) is 2.22. The van der Waals surface area contributed by atoms with E-state index >= 15 is 0 Å². The molecule has 0 aliphatic heterocycles. The molecular formula is C9H7Br2F. The van der Waals surface area contributed by atoms with Gasteiger partial charge in [-0.25, -0.2) is 4.39 Å². The molecule has 0 heterocycles. The lowest BCUT2D eigenvalue weighted by molar-refractivity contribution is 0.627. The van der Waals surface area contributed by atoms with Gasteiger partial charge in [0, 0.05) is 9.80 Å². The Bertz CT molecular complexity index is 295. The van der Waals surface area contributed by atoms with Crippen LogP contribution in [0.3, 0.4) is 0 Å². The summed E-state index contributed by atoms with van der Waals surface area (Å²) in [6.45, 7) is 0. The van der Waals surface area contributed by atoms with Crippen molar-refractivity contribution in [3.8, 4) is 0 Å². The predicted octanol–water partition coefficient (Wildman–Crippen LogP) is 4.00. The van der Waals surface area contributed by atoms with Crippen LogP contribution >= 0.6 is 31.9 Å². The van der Waals surface area contributed by atoms with Crippen LogP contribution < -0.4 is 0 Å². The standard InChI is InChI=1S/C9H7Br2F/c10-5-1-2-7-6-8(12)3-4-9(7)11/h1-4,6H,5H2/b2-1+. The highest BCUT2D eigenvalue weighted by atomic mass is 79.9. The first kappa shape index (κ1) is 9.93. The summed E-state index contributed by atoms with van der Waals surface area (Å²) in [4.78, 5) is 0. The third-order valence-electron chi connectivity index (χ3n) is 1.34. The number of alkyl halides is 1. The molecule has 0 fully saturated rings. The first-order valence-electron chi connectivity index (χ1n) is 3.41. The average Bonchev–Trinajstić information content (AvgIpc) is 2.07. The number of allylic oxidation sites excluding steroid dienone is 1. The van der Waals surface area contributed by atoms with Crippen molar-refractivity contribution in [3.63, 3.8) is 0 Å². The zero-order chi connectivity index (χ0) is 8.97. The fraction of sp³-hybridized carbons (Fsp3) is 0.111. The molecule has 0 aliphatic carbocycles. The third-order valence-corrected chi connectivity index (χ3v) is 2.44. The highest BCUT2D eigenvalue weighted by molar-refractivity contribution is 9.10. The molecule has 0 amide bonds. The minimum Gasteiger partial charge on any atom is -0.207 e. The van der Waals surface area contributed by atoms with Crippen LogP contribution in [0.4, 0.5) is 4.39 Å². The second-order valence-corrected chi connectivity index (χ2v) is 3.72. The van der Waals surface area contributed by atoms with E-state index in [4.69, 9.17) is 0 Å². The Morgan fingerprint density at radius 3 is 2.83 bits per heavy atom. The van der Waals surface area contributed by atoms with E-state index in [-0.39, 0.29) is 5.82 Å². The van der Waals surface area contributed by atoms with Gasteiger partial charge in [-0.15, -0.1) is 0 Å². The van der Waals surface area contributed by atoms with E-state index in [1.807, 2.05) is 12.2 Å². The van der Waals surface area contributed by atoms with Crippen LogP contribution in [0.25, 0.3) is 6.08 Å². The van der Waals surface area contributed by atoms with Crippen molar-refractivity contribution < 1.29 is 4.39 Å². The van der Waals surface area contributed by atoms with Crippen LogP contribution in [0.2, 0.25) is 0 Å². The molecule has 1 aromatic rings. The Labute approximate surface area is 87.7 Å². The van der Waals surface area contributed by atoms with Crippen LogP contribution in [0.5, 0.6) is 0 Å². The molecule has 0 unspecified atom stereocenters. The number of halogens is 3. The van der Waals surface area contributed by atoms with Gasteiger partial charge in [-0.3, -0.25) is 0 Å². The van der Waals surface area contributed by atoms with Gasteiger partial charge in [0.25, 0.3) is 0 Å². The molecule has 1 aromatic carbocycles. The van der Waals surface area contributed by atoms with Crippen molar-refractivity contribution in [1.29, 1.82) is 0 Å². The summed E-state index contributed by atoms with van der Waals surface area (Å²) in [7, 11) is 0. The molecule has 12 heavy (non-hydrogen) atoms. The molecule has 0 aliphatic rings. The van der Waals surface area contributed by atoms with Gasteiger partial charge in [0.1, 0.15) is 5.82 Å². The van der Waals surface area contributed by atoms with Gasteiger partial charge in [0.15, 0.2) is 0 Å². The summed E-state index contributed by atoms with van der Waals surface area (Å²) in [5, 5.41) is 0.774. The molecule has 3 heteroatoms. The SMILES string of the molecule is Fc1ccc(Br)c(/C=C/CBr)c1. The van der Waals surface area contributed by atoms with E-state index in [1.165, 1.54) is 12.1 Å². The highest BCUT2D eigenvalue weighted by Gasteiger charge is 1.96. The molecule has 1 rings (SSSR count). The number of benzene rings is 1. The van der Waals surface area contributed by atoms with E-state index in [0.29, 0.717) is 0 Å². The first-order valence-corrected chi connectivity index (χ1v) is 5.33. The summed E-state index contributed by atoms with van der Waals surface area (Å²) < 4.78 is 13.6. The zero-order valence-electron chi connectivity index (χ0n) is 6.23. The summed E-state index contributed by atoms with van der Waals surface area (Å²) in [6.07, 6.45) is 3.78. The van der Waals surface area contributed by atoms with E-state index in [0.717, 1.165) is 15.4 Å². The molecule has 0 radical (unpaired) electrons. The predicted molar refractivity (Wildman–Crippen MR) is 56.9 cm³/mol. The maximum atomic E-state index is 12.7. The van der Waals surface area contributed by atoms with Gasteiger partial charge in [-0.1, -0.05) is 44.0 Å². The normalized spacial score (nSPS) is 10.9. The lowest BCUT2D eigenvalue weighted by Gasteiger charge is -1.97. The van der Waals surface area contributed by atoms with Gasteiger partial charge in [-0.05, 0) is 23.8 Å². The van der Waals surface area contributed by atoms with Crippen LogP contribution in [0, 0.1) is 5.82 Å². The van der Waals surface area contributed by atoms with Crippen molar-refractivity contribution in [2.75, 3.05) is 5.33 Å². The summed E-state index contributed by atoms with van der Waals surface area (Å²) in [5.41, 5.74) is 0.856. The van der Waals surface area contributed by atoms with Crippen molar-refractivity contribution in [2.24, 2.45) is 0 Å². The van der Waals surface area contributed by atoms with Crippen LogP contribution in [0.1, 0.15) is 5.56 Å². The number of hydrogen-bond acceptors (Lipinski definition) is 0. The Morgan fingerprint density at radius 2 is 2.17 bits per heavy atom. The van der Waals surface area contributed by atoms with Gasteiger partial charge in [0.05, 0.1) is 0 Å². The first-order chi connectivity index (χ1) is 5.74. The molecule has 0 N–H and O–H groups in total. The summed E-state index contributed by atoms with van der Waals surface area (Å²) >= 11 is 6.58. The molecule has 0 spiro atoms. The smallest absolute Gasteiger partial charge is 0.123 e. The second kappa shape index (κ2) is 4.77. The van der Waals surface area contributed by atoms with Crippen molar-refractivity contribution in [2.45, 2.75) is 0 Å². The third kappa shape index (κ3) is 2.72. The van der Waals surface area contributed by atoms with Crippen LogP contribution in [-0.4, -0.2) is 5.33 Å². The minimum atomic E-state index is -0.215. The number of rotatable bonds is 2. The Balaban J connectivity index is 2.97. The molecule has 0 bridgehead atoms. The van der Waals surface area contributed by atoms with Crippen molar-refractivity contribution >= 4 is 37.9 Å². The van der Waals surface area contributed by atoms with Gasteiger partial charge >= 0.3 is 0 Å². The highest BCUT2D eigenvalue weighted by Crippen LogP contribution is 2.19. The lowest BCUT2D eigenvalue weighted by atomic mass is 10.2. The van der Waals surface area contributed by atoms with Gasteiger partial charge in [0.2, 0.25) is 0 Å². The summed E-state index contributed by atoms with van der Waals surface area (Å²) in [6, 6.07) is 4.61. The molecule has 0 atom stereocenters. The maximum absolute atomic E-state index is 12.7. The summed E-state index contributed by atoms with van der Waals surface area (Å²) in [5.74, 6) is -0.215. The average molecular weight is 294 g/mol. The quantitative estimate of drug-likeness (QED) is 0.723. The van der Waals surface area contributed by atoms with E-state index in [9.17, 15) is 4.39 Å². The van der Waals surface area contributed by atoms with Crippen LogP contribution in [0.15, 0.2) is 28.7 Å². The van der Waals surface area contributed by atoms with Gasteiger partial charge < -0.3 is 0 Å². The molecule has 0 saturated carbocycles. The Morgan fingerprint density at radius 1 is 1.42 bits per heavy atom. The number of hydrogen-bond donors (Lipinski definition) is 0. The molecular weight excluding hydrogens is 287 g/mol. The van der Waals surface area contributed by atoms with Crippen LogP contribution in [-0.2, 0) is 0 Å². The lowest BCUT2D eigenvalue weighted by Crippen LogP contribution is -1.78. The Hall–Kier alpha value is -0.150. The fourth-order valence-corrected chi connectivity index (χ4v) is 1.38. The largest absolute Gasteiger partial charge is 0.207 e. The van der Waals surface area contributed by atoms with E-state index in [2.05, 4.69) is 31.9 Å². The minimum absolute atomic E-state index is 0.215. The van der Waals surface area contributed by atoms with Crippen molar-refractivity contribution in [1.82, 2.24) is 0 Å². The van der Waals surface area contributed by atoms with E-state index in [1.54, 1.807) is 6.07 Å².